The van der Waals surface area contributed by atoms with E-state index in [1.165, 1.54) is 6.07 Å². The molecule has 25 heavy (non-hydrogen) atoms. The Balaban J connectivity index is 2.05. The topological polar surface area (TPSA) is 49.3 Å². The van der Waals surface area contributed by atoms with Gasteiger partial charge in [0.1, 0.15) is 0 Å². The van der Waals surface area contributed by atoms with Crippen molar-refractivity contribution in [3.05, 3.63) is 59.7 Å². The molecule has 134 valence electrons. The Morgan fingerprint density at radius 1 is 1.16 bits per heavy atom. The first-order valence-corrected chi connectivity index (χ1v) is 8.56. The van der Waals surface area contributed by atoms with Crippen LogP contribution in [0.2, 0.25) is 0 Å². The second-order valence-electron chi connectivity index (χ2n) is 5.49. The predicted octanol–water partition coefficient (Wildman–Crippen LogP) is 5.39. The number of carboxylic acid groups (broad SMARTS) is 1. The first-order valence-electron chi connectivity index (χ1n) is 7.68. The Bertz CT molecular complexity index is 720. The van der Waals surface area contributed by atoms with E-state index in [1.807, 2.05) is 37.3 Å². The van der Waals surface area contributed by atoms with Crippen LogP contribution >= 0.6 is 11.8 Å². The van der Waals surface area contributed by atoms with Gasteiger partial charge in [-0.05, 0) is 30.7 Å². The number of nitrogens with one attached hydrogen (secondary N) is 1. The Morgan fingerprint density at radius 3 is 2.44 bits per heavy atom. The number of anilines is 1. The molecule has 0 aromatic heterocycles. The highest BCUT2D eigenvalue weighted by Crippen LogP contribution is 2.37. The van der Waals surface area contributed by atoms with Crippen molar-refractivity contribution in [3.63, 3.8) is 0 Å². The molecule has 0 aliphatic heterocycles. The molecule has 0 aliphatic rings. The minimum Gasteiger partial charge on any atom is -0.478 e. The summed E-state index contributed by atoms with van der Waals surface area (Å²) in [6, 6.07) is 12.9. The fraction of sp³-hybridized carbons (Fsp3) is 0.278. The zero-order valence-corrected chi connectivity index (χ0v) is 14.3. The minimum absolute atomic E-state index is 0.168. The molecule has 0 amide bonds. The van der Waals surface area contributed by atoms with Gasteiger partial charge in [-0.3, -0.25) is 0 Å². The Morgan fingerprint density at radius 2 is 1.84 bits per heavy atom. The normalized spacial score (nSPS) is 12.6. The fourth-order valence-electron chi connectivity index (χ4n) is 2.35. The van der Waals surface area contributed by atoms with Gasteiger partial charge in [-0.1, -0.05) is 31.2 Å². The van der Waals surface area contributed by atoms with E-state index in [2.05, 4.69) is 5.32 Å². The number of rotatable bonds is 7. The van der Waals surface area contributed by atoms with Crippen LogP contribution in [0.3, 0.4) is 0 Å². The standard InChI is InChI=1S/C18H18F3NO2S/c1-12(25-13-6-3-2-4-7-13)10-11-22-16-14(17(23)24)8-5-9-15(16)18(19,20)21/h2-9,12,22H,10-11H2,1H3,(H,23,24). The van der Waals surface area contributed by atoms with Gasteiger partial charge in [-0.2, -0.15) is 13.2 Å². The van der Waals surface area contributed by atoms with Crippen molar-refractivity contribution in [3.8, 4) is 0 Å². The van der Waals surface area contributed by atoms with Gasteiger partial charge in [0, 0.05) is 16.7 Å². The van der Waals surface area contributed by atoms with Gasteiger partial charge in [0.05, 0.1) is 16.8 Å². The molecule has 1 atom stereocenters. The monoisotopic (exact) mass is 369 g/mol. The maximum atomic E-state index is 13.1. The molecule has 2 aromatic carbocycles. The average Bonchev–Trinajstić information content (AvgIpc) is 2.54. The summed E-state index contributed by atoms with van der Waals surface area (Å²) in [5.41, 5.74) is -1.71. The van der Waals surface area contributed by atoms with Crippen molar-refractivity contribution in [2.75, 3.05) is 11.9 Å². The zero-order chi connectivity index (χ0) is 18.4. The second-order valence-corrected chi connectivity index (χ2v) is 7.00. The maximum absolute atomic E-state index is 13.1. The number of benzene rings is 2. The molecule has 2 aromatic rings. The van der Waals surface area contributed by atoms with E-state index in [0.29, 0.717) is 6.42 Å². The SMILES string of the molecule is CC(CCNc1c(C(=O)O)cccc1C(F)(F)F)Sc1ccccc1. The summed E-state index contributed by atoms with van der Waals surface area (Å²) in [7, 11) is 0. The highest BCUT2D eigenvalue weighted by atomic mass is 32.2. The number of alkyl halides is 3. The Kier molecular flexibility index (Phi) is 6.36. The minimum atomic E-state index is -4.61. The number of carboxylic acids is 1. The lowest BCUT2D eigenvalue weighted by Gasteiger charge is -2.18. The largest absolute Gasteiger partial charge is 0.478 e. The van der Waals surface area contributed by atoms with Crippen molar-refractivity contribution in [2.45, 2.75) is 29.7 Å². The number of aromatic carboxylic acids is 1. The molecule has 0 spiro atoms. The van der Waals surface area contributed by atoms with Crippen molar-refractivity contribution < 1.29 is 23.1 Å². The van der Waals surface area contributed by atoms with Gasteiger partial charge in [0.25, 0.3) is 0 Å². The third-order valence-electron chi connectivity index (χ3n) is 3.53. The maximum Gasteiger partial charge on any atom is 0.418 e. The van der Waals surface area contributed by atoms with Crippen LogP contribution in [0.1, 0.15) is 29.3 Å². The van der Waals surface area contributed by atoms with E-state index in [9.17, 15) is 18.0 Å². The van der Waals surface area contributed by atoms with E-state index in [1.54, 1.807) is 11.8 Å². The summed E-state index contributed by atoms with van der Waals surface area (Å²) in [5.74, 6) is -1.39. The van der Waals surface area contributed by atoms with E-state index >= 15 is 0 Å². The van der Waals surface area contributed by atoms with Crippen molar-refractivity contribution in [2.24, 2.45) is 0 Å². The highest BCUT2D eigenvalue weighted by molar-refractivity contribution is 7.99. The number of hydrogen-bond acceptors (Lipinski definition) is 3. The van der Waals surface area contributed by atoms with Gasteiger partial charge in [0.15, 0.2) is 0 Å². The van der Waals surface area contributed by atoms with Gasteiger partial charge < -0.3 is 10.4 Å². The van der Waals surface area contributed by atoms with Gasteiger partial charge in [-0.25, -0.2) is 4.79 Å². The molecular weight excluding hydrogens is 351 g/mol. The van der Waals surface area contributed by atoms with Crippen molar-refractivity contribution in [1.29, 1.82) is 0 Å². The lowest BCUT2D eigenvalue weighted by atomic mass is 10.1. The summed E-state index contributed by atoms with van der Waals surface area (Å²) in [4.78, 5) is 12.3. The lowest BCUT2D eigenvalue weighted by Crippen LogP contribution is -2.17. The summed E-state index contributed by atoms with van der Waals surface area (Å²) in [6.07, 6.45) is -4.02. The van der Waals surface area contributed by atoms with Crippen molar-refractivity contribution >= 4 is 23.4 Å². The summed E-state index contributed by atoms with van der Waals surface area (Å²) in [6.45, 7) is 2.22. The van der Waals surface area contributed by atoms with Crippen LogP contribution in [0.4, 0.5) is 18.9 Å². The van der Waals surface area contributed by atoms with Gasteiger partial charge in [-0.15, -0.1) is 11.8 Å². The number of carbonyl (C=O) groups is 1. The summed E-state index contributed by atoms with van der Waals surface area (Å²) < 4.78 is 39.4. The van der Waals surface area contributed by atoms with E-state index in [4.69, 9.17) is 5.11 Å². The van der Waals surface area contributed by atoms with Crippen LogP contribution in [-0.4, -0.2) is 22.9 Å². The summed E-state index contributed by atoms with van der Waals surface area (Å²) >= 11 is 1.62. The molecule has 0 bridgehead atoms. The van der Waals surface area contributed by atoms with Crippen LogP contribution in [0.25, 0.3) is 0 Å². The van der Waals surface area contributed by atoms with Crippen molar-refractivity contribution in [1.82, 2.24) is 0 Å². The Hall–Kier alpha value is -2.15. The van der Waals surface area contributed by atoms with Crippen LogP contribution < -0.4 is 5.32 Å². The van der Waals surface area contributed by atoms with Crippen LogP contribution in [0.15, 0.2) is 53.4 Å². The molecule has 2 N–H and O–H groups in total. The lowest BCUT2D eigenvalue weighted by molar-refractivity contribution is -0.137. The molecule has 0 fully saturated rings. The van der Waals surface area contributed by atoms with Gasteiger partial charge in [0.2, 0.25) is 0 Å². The molecule has 0 radical (unpaired) electrons. The number of para-hydroxylation sites is 1. The zero-order valence-electron chi connectivity index (χ0n) is 13.5. The molecular formula is C18H18F3NO2S. The Labute approximate surface area is 148 Å². The molecule has 0 saturated carbocycles. The number of thioether (sulfide) groups is 1. The highest BCUT2D eigenvalue weighted by Gasteiger charge is 2.35. The molecule has 1 unspecified atom stereocenters. The van der Waals surface area contributed by atoms with Crippen LogP contribution in [0, 0.1) is 0 Å². The predicted molar refractivity (Wildman–Crippen MR) is 93.3 cm³/mol. The molecule has 7 heteroatoms. The molecule has 3 nitrogen and oxygen atoms in total. The smallest absolute Gasteiger partial charge is 0.418 e. The summed E-state index contributed by atoms with van der Waals surface area (Å²) in [5, 5.41) is 12.0. The van der Waals surface area contributed by atoms with Crippen LogP contribution in [-0.2, 0) is 6.18 Å². The average molecular weight is 369 g/mol. The van der Waals surface area contributed by atoms with Crippen LogP contribution in [0.5, 0.6) is 0 Å². The quantitative estimate of drug-likeness (QED) is 0.643. The number of halogens is 3. The molecule has 0 saturated heterocycles. The first kappa shape index (κ1) is 19.2. The fourth-order valence-corrected chi connectivity index (χ4v) is 3.36. The first-order chi connectivity index (χ1) is 11.8. The molecule has 0 aliphatic carbocycles. The molecule has 0 heterocycles. The van der Waals surface area contributed by atoms with Gasteiger partial charge >= 0.3 is 12.1 Å². The third kappa shape index (κ3) is 5.42. The molecule has 2 rings (SSSR count). The van der Waals surface area contributed by atoms with E-state index in [-0.39, 0.29) is 23.0 Å². The third-order valence-corrected chi connectivity index (χ3v) is 4.72. The number of hydrogen-bond donors (Lipinski definition) is 2. The second kappa shape index (κ2) is 8.29. The van der Waals surface area contributed by atoms with E-state index in [0.717, 1.165) is 17.0 Å². The van der Waals surface area contributed by atoms with E-state index < -0.39 is 17.7 Å².